The van der Waals surface area contributed by atoms with Crippen molar-refractivity contribution in [3.05, 3.63) is 59.2 Å². The molecular formula is C20H24N2O3. The van der Waals surface area contributed by atoms with E-state index in [1.54, 1.807) is 12.1 Å². The predicted octanol–water partition coefficient (Wildman–Crippen LogP) is 3.39. The fourth-order valence-corrected chi connectivity index (χ4v) is 2.30. The van der Waals surface area contributed by atoms with E-state index in [1.165, 1.54) is 25.0 Å². The smallest absolute Gasteiger partial charge is 0.244 e. The fourth-order valence-electron chi connectivity index (χ4n) is 2.30. The second-order valence-electron chi connectivity index (χ2n) is 6.85. The molecule has 0 heterocycles. The quantitative estimate of drug-likeness (QED) is 0.647. The molecule has 5 heteroatoms. The lowest BCUT2D eigenvalue weighted by Crippen LogP contribution is -2.20. The number of amides is 1. The van der Waals surface area contributed by atoms with Crippen LogP contribution in [0.1, 0.15) is 37.5 Å². The second kappa shape index (κ2) is 7.83. The van der Waals surface area contributed by atoms with Crippen molar-refractivity contribution in [2.75, 3.05) is 7.11 Å². The van der Waals surface area contributed by atoms with Crippen LogP contribution in [0.2, 0.25) is 0 Å². The molecule has 2 aromatic rings. The first-order chi connectivity index (χ1) is 11.8. The van der Waals surface area contributed by atoms with Gasteiger partial charge in [-0.15, -0.1) is 0 Å². The molecule has 0 bridgehead atoms. The Labute approximate surface area is 148 Å². The zero-order valence-electron chi connectivity index (χ0n) is 15.0. The number of rotatable bonds is 5. The summed E-state index contributed by atoms with van der Waals surface area (Å²) in [6, 6.07) is 12.9. The maximum Gasteiger partial charge on any atom is 0.244 e. The minimum Gasteiger partial charge on any atom is -0.504 e. The molecule has 0 atom stereocenters. The number of nitrogens with one attached hydrogen (secondary N) is 1. The zero-order chi connectivity index (χ0) is 18.4. The van der Waals surface area contributed by atoms with Gasteiger partial charge >= 0.3 is 0 Å². The molecule has 0 saturated carbocycles. The Morgan fingerprint density at radius 3 is 2.48 bits per heavy atom. The number of hydrogen-bond donors (Lipinski definition) is 2. The molecule has 25 heavy (non-hydrogen) atoms. The Morgan fingerprint density at radius 2 is 1.88 bits per heavy atom. The highest BCUT2D eigenvalue weighted by Gasteiger charge is 2.13. The van der Waals surface area contributed by atoms with Gasteiger partial charge in [0.1, 0.15) is 0 Å². The van der Waals surface area contributed by atoms with Crippen molar-refractivity contribution in [3.8, 4) is 11.5 Å². The summed E-state index contributed by atoms with van der Waals surface area (Å²) in [4.78, 5) is 12.0. The van der Waals surface area contributed by atoms with Crippen LogP contribution in [0, 0.1) is 0 Å². The van der Waals surface area contributed by atoms with Crippen molar-refractivity contribution in [2.45, 2.75) is 32.6 Å². The fraction of sp³-hybridized carbons (Fsp3) is 0.300. The van der Waals surface area contributed by atoms with Crippen LogP contribution in [0.4, 0.5) is 0 Å². The van der Waals surface area contributed by atoms with Gasteiger partial charge < -0.3 is 9.84 Å². The standard InChI is InChI=1S/C20H24N2O3/c1-20(2,3)16-8-5-14(6-9-16)12-19(24)22-21-13-15-7-10-17(23)18(11-15)25-4/h5-11,13,23H,12H2,1-4H3,(H,22,24). The van der Waals surface area contributed by atoms with Gasteiger partial charge in [-0.2, -0.15) is 5.10 Å². The minimum atomic E-state index is -0.189. The molecule has 0 aromatic heterocycles. The van der Waals surface area contributed by atoms with Crippen molar-refractivity contribution in [1.82, 2.24) is 5.43 Å². The van der Waals surface area contributed by atoms with Crippen LogP contribution in [-0.2, 0) is 16.6 Å². The molecule has 0 unspecified atom stereocenters. The molecule has 2 N–H and O–H groups in total. The number of phenols is 1. The van der Waals surface area contributed by atoms with Crippen LogP contribution >= 0.6 is 0 Å². The molecule has 5 nitrogen and oxygen atoms in total. The lowest BCUT2D eigenvalue weighted by atomic mass is 9.86. The van der Waals surface area contributed by atoms with E-state index in [1.807, 2.05) is 12.1 Å². The number of hydrazone groups is 1. The molecule has 0 saturated heterocycles. The summed E-state index contributed by atoms with van der Waals surface area (Å²) in [7, 11) is 1.47. The highest BCUT2D eigenvalue weighted by atomic mass is 16.5. The van der Waals surface area contributed by atoms with E-state index in [0.29, 0.717) is 11.3 Å². The Hall–Kier alpha value is -2.82. The third-order valence-electron chi connectivity index (χ3n) is 3.79. The van der Waals surface area contributed by atoms with Crippen LogP contribution in [0.15, 0.2) is 47.6 Å². The third kappa shape index (κ3) is 5.35. The number of aromatic hydroxyl groups is 1. The average molecular weight is 340 g/mol. The number of carbonyl (C=O) groups excluding carboxylic acids is 1. The highest BCUT2D eigenvalue weighted by Crippen LogP contribution is 2.25. The summed E-state index contributed by atoms with van der Waals surface area (Å²) < 4.78 is 5.03. The Bertz CT molecular complexity index is 760. The maximum atomic E-state index is 12.0. The second-order valence-corrected chi connectivity index (χ2v) is 6.85. The molecule has 0 fully saturated rings. The molecule has 2 aromatic carbocycles. The van der Waals surface area contributed by atoms with Gasteiger partial charge in [-0.25, -0.2) is 5.43 Å². The van der Waals surface area contributed by atoms with Crippen molar-refractivity contribution in [3.63, 3.8) is 0 Å². The van der Waals surface area contributed by atoms with Gasteiger partial charge in [0.25, 0.3) is 0 Å². The van der Waals surface area contributed by atoms with Gasteiger partial charge in [-0.1, -0.05) is 45.0 Å². The maximum absolute atomic E-state index is 12.0. The molecule has 132 valence electrons. The van der Waals surface area contributed by atoms with Crippen molar-refractivity contribution in [2.24, 2.45) is 5.10 Å². The minimum absolute atomic E-state index is 0.0578. The summed E-state index contributed by atoms with van der Waals surface area (Å²) in [5.74, 6) is 0.224. The first kappa shape index (κ1) is 18.5. The summed E-state index contributed by atoms with van der Waals surface area (Å²) in [5, 5.41) is 13.5. The van der Waals surface area contributed by atoms with Crippen LogP contribution in [0.25, 0.3) is 0 Å². The predicted molar refractivity (Wildman–Crippen MR) is 99.2 cm³/mol. The Balaban J connectivity index is 1.92. The number of hydrogen-bond acceptors (Lipinski definition) is 4. The van der Waals surface area contributed by atoms with Crippen molar-refractivity contribution >= 4 is 12.1 Å². The number of carbonyl (C=O) groups is 1. The summed E-state index contributed by atoms with van der Waals surface area (Å²) in [6.07, 6.45) is 1.77. The van der Waals surface area contributed by atoms with Crippen LogP contribution in [0.5, 0.6) is 11.5 Å². The molecule has 0 aliphatic rings. The molecule has 1 amide bonds. The van der Waals surface area contributed by atoms with Crippen molar-refractivity contribution in [1.29, 1.82) is 0 Å². The van der Waals surface area contributed by atoms with E-state index in [-0.39, 0.29) is 23.5 Å². The lowest BCUT2D eigenvalue weighted by molar-refractivity contribution is -0.120. The largest absolute Gasteiger partial charge is 0.504 e. The Kier molecular flexibility index (Phi) is 5.80. The SMILES string of the molecule is COc1cc(C=NNC(=O)Cc2ccc(C(C)(C)C)cc2)ccc1O. The summed E-state index contributed by atoms with van der Waals surface area (Å²) in [6.45, 7) is 6.46. The van der Waals surface area contributed by atoms with Crippen LogP contribution in [-0.4, -0.2) is 24.3 Å². The lowest BCUT2D eigenvalue weighted by Gasteiger charge is -2.19. The molecule has 0 aliphatic carbocycles. The number of benzene rings is 2. The van der Waals surface area contributed by atoms with Crippen molar-refractivity contribution < 1.29 is 14.6 Å². The van der Waals surface area contributed by atoms with Gasteiger partial charge in [0, 0.05) is 0 Å². The van der Waals surface area contributed by atoms with Crippen LogP contribution in [0.3, 0.4) is 0 Å². The molecule has 2 rings (SSSR count). The van der Waals surface area contributed by atoms with E-state index < -0.39 is 0 Å². The number of methoxy groups -OCH3 is 1. The third-order valence-corrected chi connectivity index (χ3v) is 3.79. The first-order valence-corrected chi connectivity index (χ1v) is 8.08. The van der Waals surface area contributed by atoms with Gasteiger partial charge in [0.05, 0.1) is 19.7 Å². The van der Waals surface area contributed by atoms with E-state index in [4.69, 9.17) is 4.74 Å². The van der Waals surface area contributed by atoms with Gasteiger partial charge in [0.15, 0.2) is 11.5 Å². The number of ether oxygens (including phenoxy) is 1. The normalized spacial score (nSPS) is 11.5. The number of nitrogens with zero attached hydrogens (tertiary/aromatic N) is 1. The molecular weight excluding hydrogens is 316 g/mol. The summed E-state index contributed by atoms with van der Waals surface area (Å²) in [5.41, 5.74) is 5.48. The first-order valence-electron chi connectivity index (χ1n) is 8.08. The number of phenolic OH excluding ortho intramolecular Hbond substituents is 1. The van der Waals surface area contributed by atoms with E-state index >= 15 is 0 Å². The van der Waals surface area contributed by atoms with Crippen LogP contribution < -0.4 is 10.2 Å². The van der Waals surface area contributed by atoms with Gasteiger partial charge in [-0.3, -0.25) is 4.79 Å². The van der Waals surface area contributed by atoms with E-state index in [2.05, 4.69) is 43.4 Å². The van der Waals surface area contributed by atoms with Gasteiger partial charge in [0.2, 0.25) is 5.91 Å². The van der Waals surface area contributed by atoms with E-state index in [9.17, 15) is 9.90 Å². The zero-order valence-corrected chi connectivity index (χ0v) is 15.0. The summed E-state index contributed by atoms with van der Waals surface area (Å²) >= 11 is 0. The van der Waals surface area contributed by atoms with Gasteiger partial charge in [-0.05, 0) is 40.3 Å². The molecule has 0 spiro atoms. The Morgan fingerprint density at radius 1 is 1.20 bits per heavy atom. The topological polar surface area (TPSA) is 70.9 Å². The highest BCUT2D eigenvalue weighted by molar-refractivity contribution is 5.84. The average Bonchev–Trinajstić information content (AvgIpc) is 2.56. The monoisotopic (exact) mass is 340 g/mol. The van der Waals surface area contributed by atoms with E-state index in [0.717, 1.165) is 5.56 Å². The molecule has 0 radical (unpaired) electrons. The molecule has 0 aliphatic heterocycles.